The number of amides is 1. The Hall–Kier alpha value is -4.59. The Morgan fingerprint density at radius 2 is 1.86 bits per heavy atom. The average molecular weight is 686 g/mol. The summed E-state index contributed by atoms with van der Waals surface area (Å²) in [6, 6.07) is 8.69. The van der Waals surface area contributed by atoms with E-state index in [0.717, 1.165) is 63.5 Å². The monoisotopic (exact) mass is 685 g/mol. The number of piperazine rings is 1. The Kier molecular flexibility index (Phi) is 8.44. The molecule has 13 heteroatoms. The second kappa shape index (κ2) is 12.9. The summed E-state index contributed by atoms with van der Waals surface area (Å²) in [7, 11) is 0. The number of rotatable bonds is 7. The smallest absolute Gasteiger partial charge is 0.278 e. The minimum absolute atomic E-state index is 0.0106. The molecule has 2 fully saturated rings. The van der Waals surface area contributed by atoms with Crippen molar-refractivity contribution >= 4 is 28.8 Å². The summed E-state index contributed by atoms with van der Waals surface area (Å²) in [4.78, 5) is 40.6. The molecule has 1 atom stereocenters. The van der Waals surface area contributed by atoms with E-state index in [-0.39, 0.29) is 23.6 Å². The molecule has 11 nitrogen and oxygen atoms in total. The van der Waals surface area contributed by atoms with Gasteiger partial charge in [-0.3, -0.25) is 14.5 Å². The molecule has 0 spiro atoms. The van der Waals surface area contributed by atoms with Crippen LogP contribution in [0.2, 0.25) is 0 Å². The third-order valence-electron chi connectivity index (χ3n) is 10.8. The van der Waals surface area contributed by atoms with Gasteiger partial charge < -0.3 is 34.5 Å². The van der Waals surface area contributed by atoms with Gasteiger partial charge >= 0.3 is 0 Å². The zero-order valence-electron chi connectivity index (χ0n) is 28.3. The van der Waals surface area contributed by atoms with Crippen LogP contribution in [-0.4, -0.2) is 81.9 Å². The highest BCUT2D eigenvalue weighted by atomic mass is 19.1. The van der Waals surface area contributed by atoms with Crippen molar-refractivity contribution in [2.75, 3.05) is 54.5 Å². The summed E-state index contributed by atoms with van der Waals surface area (Å²) < 4.78 is 38.2. The van der Waals surface area contributed by atoms with Gasteiger partial charge in [0.2, 0.25) is 0 Å². The number of hydrogen-bond donors (Lipinski definition) is 3. The lowest BCUT2D eigenvalue weighted by atomic mass is 9.96. The van der Waals surface area contributed by atoms with E-state index < -0.39 is 29.7 Å². The predicted molar refractivity (Wildman–Crippen MR) is 186 cm³/mol. The van der Waals surface area contributed by atoms with Gasteiger partial charge in [0, 0.05) is 66.8 Å². The van der Waals surface area contributed by atoms with Gasteiger partial charge in [0.05, 0.1) is 43.4 Å². The first-order valence-electron chi connectivity index (χ1n) is 17.4. The molecule has 3 aromatic heterocycles. The Morgan fingerprint density at radius 1 is 1.04 bits per heavy atom. The Morgan fingerprint density at radius 3 is 2.58 bits per heavy atom. The highest BCUT2D eigenvalue weighted by molar-refractivity contribution is 6.07. The van der Waals surface area contributed by atoms with E-state index in [1.807, 2.05) is 12.1 Å². The number of nitrogens with zero attached hydrogens (tertiary/aromatic N) is 5. The van der Waals surface area contributed by atoms with E-state index in [9.17, 15) is 14.7 Å². The van der Waals surface area contributed by atoms with Crippen molar-refractivity contribution in [1.29, 1.82) is 0 Å². The fraction of sp³-hybridized carbons (Fsp3) is 0.432. The predicted octanol–water partition coefficient (Wildman–Crippen LogP) is 4.51. The van der Waals surface area contributed by atoms with E-state index in [2.05, 4.69) is 32.0 Å². The first-order chi connectivity index (χ1) is 24.2. The molecular formula is C37H41F2N7O4. The molecule has 4 aliphatic rings. The molecular weight excluding hydrogens is 644 g/mol. The molecule has 6 heterocycles. The third kappa shape index (κ3) is 5.57. The fourth-order valence-electron chi connectivity index (χ4n) is 8.10. The molecule has 1 aliphatic carbocycles. The molecule has 3 N–H and O–H groups in total. The van der Waals surface area contributed by atoms with Gasteiger partial charge in [0.25, 0.3) is 11.5 Å². The van der Waals surface area contributed by atoms with Gasteiger partial charge in [-0.2, -0.15) is 0 Å². The van der Waals surface area contributed by atoms with E-state index in [4.69, 9.17) is 4.74 Å². The molecule has 0 radical (unpaired) electrons. The molecule has 0 bridgehead atoms. The number of pyridine rings is 2. The van der Waals surface area contributed by atoms with Gasteiger partial charge in [-0.1, -0.05) is 0 Å². The highest BCUT2D eigenvalue weighted by Gasteiger charge is 2.37. The molecule has 2 saturated heterocycles. The first-order valence-corrected chi connectivity index (χ1v) is 17.4. The summed E-state index contributed by atoms with van der Waals surface area (Å²) in [5.74, 6) is -1.23. The number of fused-ring (bicyclic) bond motifs is 3. The maximum absolute atomic E-state index is 15.6. The quantitative estimate of drug-likeness (QED) is 0.260. The number of carbonyl (C=O) groups excluding carboxylic acids is 1. The van der Waals surface area contributed by atoms with Crippen molar-refractivity contribution in [3.05, 3.63) is 86.7 Å². The topological polar surface area (TPSA) is 119 Å². The standard InChI is InChI=1S/C37H41F2N7O4/c1-21-17-43(25-19-50-20-25)9-10-44(21)24-7-8-33(40-16-24)42-30-15-27(22(2)41-36(30)48)28-13-23(38)14-32(29(28)18-47)46-12-11-45-31-6-4-3-5-26(31)34(39)35(45)37(46)49/h7-8,13-16,21,25,47H,3-6,9-12,17-20H2,1-2H3,(H,40,42)(H,41,48)/t21-/m0/s1. The van der Waals surface area contributed by atoms with Crippen LogP contribution in [0.1, 0.15) is 52.8 Å². The first kappa shape index (κ1) is 32.6. The Bertz CT molecular complexity index is 2020. The molecule has 1 aromatic carbocycles. The zero-order chi connectivity index (χ0) is 34.7. The van der Waals surface area contributed by atoms with Crippen molar-refractivity contribution in [3.8, 4) is 11.1 Å². The number of aryl methyl sites for hydroxylation is 1. The highest BCUT2D eigenvalue weighted by Crippen LogP contribution is 2.38. The third-order valence-corrected chi connectivity index (χ3v) is 10.8. The van der Waals surface area contributed by atoms with Gasteiger partial charge in [-0.15, -0.1) is 0 Å². The maximum Gasteiger partial charge on any atom is 0.278 e. The van der Waals surface area contributed by atoms with Crippen LogP contribution in [0, 0.1) is 18.6 Å². The largest absolute Gasteiger partial charge is 0.392 e. The normalized spacial score (nSPS) is 19.7. The summed E-state index contributed by atoms with van der Waals surface area (Å²) in [6.45, 7) is 8.32. The summed E-state index contributed by atoms with van der Waals surface area (Å²) >= 11 is 0. The van der Waals surface area contributed by atoms with Crippen molar-refractivity contribution in [2.24, 2.45) is 0 Å². The van der Waals surface area contributed by atoms with Crippen molar-refractivity contribution in [2.45, 2.75) is 64.8 Å². The van der Waals surface area contributed by atoms with E-state index >= 15 is 8.78 Å². The summed E-state index contributed by atoms with van der Waals surface area (Å²) in [5.41, 5.74) is 3.95. The number of aliphatic hydroxyl groups excluding tert-OH is 1. The maximum atomic E-state index is 15.6. The molecule has 1 amide bonds. The molecule has 4 aromatic rings. The van der Waals surface area contributed by atoms with Crippen LogP contribution in [0.25, 0.3) is 11.1 Å². The second-order valence-electron chi connectivity index (χ2n) is 13.8. The molecule has 8 rings (SSSR count). The van der Waals surface area contributed by atoms with Crippen LogP contribution in [0.3, 0.4) is 0 Å². The number of aromatic nitrogens is 3. The van der Waals surface area contributed by atoms with Gasteiger partial charge in [0.15, 0.2) is 5.82 Å². The number of halogens is 2. The molecule has 3 aliphatic heterocycles. The molecule has 50 heavy (non-hydrogen) atoms. The van der Waals surface area contributed by atoms with E-state index in [1.165, 1.54) is 17.0 Å². The number of aliphatic hydroxyl groups is 1. The number of benzene rings is 1. The SMILES string of the molecule is Cc1[nH]c(=O)c(Nc2ccc(N3CCN(C4COC4)C[C@@H]3C)cn2)cc1-c1cc(F)cc(N2CCn3c4c(c(F)c3C2=O)CCCC4)c1CO. The number of H-pyrrole nitrogens is 1. The Labute approximate surface area is 288 Å². The second-order valence-corrected chi connectivity index (χ2v) is 13.8. The van der Waals surface area contributed by atoms with Crippen molar-refractivity contribution < 1.29 is 23.4 Å². The zero-order valence-corrected chi connectivity index (χ0v) is 28.3. The lowest BCUT2D eigenvalue weighted by Crippen LogP contribution is -2.59. The summed E-state index contributed by atoms with van der Waals surface area (Å²) in [5, 5.41) is 13.8. The van der Waals surface area contributed by atoms with E-state index in [1.54, 1.807) is 23.8 Å². The van der Waals surface area contributed by atoms with Crippen LogP contribution in [0.4, 0.5) is 31.7 Å². The van der Waals surface area contributed by atoms with Crippen LogP contribution in [0.15, 0.2) is 41.3 Å². The number of hydrogen-bond acceptors (Lipinski definition) is 8. The van der Waals surface area contributed by atoms with Crippen LogP contribution in [0.5, 0.6) is 0 Å². The lowest BCUT2D eigenvalue weighted by Gasteiger charge is -2.46. The van der Waals surface area contributed by atoms with Crippen molar-refractivity contribution in [1.82, 2.24) is 19.4 Å². The average Bonchev–Trinajstić information content (AvgIpc) is 3.37. The minimum Gasteiger partial charge on any atom is -0.392 e. The van der Waals surface area contributed by atoms with Crippen LogP contribution in [-0.2, 0) is 30.7 Å². The van der Waals surface area contributed by atoms with Crippen molar-refractivity contribution in [3.63, 3.8) is 0 Å². The number of aromatic amines is 1. The molecule has 0 unspecified atom stereocenters. The Balaban J connectivity index is 1.07. The van der Waals surface area contributed by atoms with Gasteiger partial charge in [-0.25, -0.2) is 13.8 Å². The molecule has 262 valence electrons. The lowest BCUT2D eigenvalue weighted by molar-refractivity contribution is -0.0691. The number of anilines is 4. The van der Waals surface area contributed by atoms with Crippen LogP contribution < -0.4 is 20.7 Å². The number of ether oxygens (including phenoxy) is 1. The fourth-order valence-corrected chi connectivity index (χ4v) is 8.10. The number of carbonyl (C=O) groups is 1. The van der Waals surface area contributed by atoms with E-state index in [0.29, 0.717) is 58.8 Å². The summed E-state index contributed by atoms with van der Waals surface area (Å²) in [6.07, 6.45) is 4.92. The van der Waals surface area contributed by atoms with Crippen LogP contribution >= 0.6 is 0 Å². The number of nitrogens with one attached hydrogen (secondary N) is 2. The minimum atomic E-state index is -0.630. The van der Waals surface area contributed by atoms with Gasteiger partial charge in [-0.05, 0) is 75.4 Å². The molecule has 0 saturated carbocycles. The van der Waals surface area contributed by atoms with Gasteiger partial charge in [0.1, 0.15) is 23.0 Å².